The summed E-state index contributed by atoms with van der Waals surface area (Å²) >= 11 is 0. The van der Waals surface area contributed by atoms with Crippen LogP contribution in [0.2, 0.25) is 0 Å². The van der Waals surface area contributed by atoms with E-state index >= 15 is 0 Å². The predicted octanol–water partition coefficient (Wildman–Crippen LogP) is 5.17. The Kier molecular flexibility index (Phi) is 7.88. The minimum Gasteiger partial charge on any atom is -0.125 e. The Hall–Kier alpha value is 0.430. The van der Waals surface area contributed by atoms with Crippen LogP contribution < -0.4 is 0 Å². The molecule has 0 saturated heterocycles. The van der Waals surface area contributed by atoms with E-state index in [9.17, 15) is 0 Å². The van der Waals surface area contributed by atoms with E-state index in [0.29, 0.717) is 5.41 Å². The molecular formula is C14H31P. The molecule has 0 spiro atoms. The van der Waals surface area contributed by atoms with Crippen LogP contribution in [0.1, 0.15) is 60.3 Å². The van der Waals surface area contributed by atoms with Gasteiger partial charge >= 0.3 is 0 Å². The van der Waals surface area contributed by atoms with Crippen LogP contribution in [0.3, 0.4) is 0 Å². The highest BCUT2D eigenvalue weighted by molar-refractivity contribution is 7.36. The van der Waals surface area contributed by atoms with Crippen molar-refractivity contribution in [3.8, 4) is 0 Å². The topological polar surface area (TPSA) is 0 Å². The fourth-order valence-corrected chi connectivity index (χ4v) is 3.03. The summed E-state index contributed by atoms with van der Waals surface area (Å²) in [5, 5.41) is 0. The lowest BCUT2D eigenvalue weighted by atomic mass is 9.82. The van der Waals surface area contributed by atoms with E-state index in [1.54, 1.807) is 0 Å². The lowest BCUT2D eigenvalue weighted by Gasteiger charge is -2.24. The first-order chi connectivity index (χ1) is 6.85. The molecular weight excluding hydrogens is 199 g/mol. The minimum atomic E-state index is 0.507. The van der Waals surface area contributed by atoms with Gasteiger partial charge in [-0.15, -0.1) is 8.58 Å². The molecule has 0 aromatic heterocycles. The van der Waals surface area contributed by atoms with Crippen molar-refractivity contribution >= 4 is 8.58 Å². The maximum absolute atomic E-state index is 2.42. The van der Waals surface area contributed by atoms with Crippen molar-refractivity contribution in [2.24, 2.45) is 17.3 Å². The van der Waals surface area contributed by atoms with Crippen molar-refractivity contribution in [1.82, 2.24) is 0 Å². The Bertz CT molecular complexity index is 146. The summed E-state index contributed by atoms with van der Waals surface area (Å²) in [6.07, 6.45) is 7.11. The van der Waals surface area contributed by atoms with Gasteiger partial charge in [-0.1, -0.05) is 47.5 Å². The molecule has 92 valence electrons. The van der Waals surface area contributed by atoms with Gasteiger partial charge in [-0.25, -0.2) is 0 Å². The second-order valence-corrected chi connectivity index (χ2v) is 7.65. The summed E-state index contributed by atoms with van der Waals surface area (Å²) in [5.74, 6) is 1.84. The third-order valence-corrected chi connectivity index (χ3v) is 3.79. The van der Waals surface area contributed by atoms with Gasteiger partial charge in [0.1, 0.15) is 0 Å². The van der Waals surface area contributed by atoms with Gasteiger partial charge in [-0.05, 0) is 42.9 Å². The summed E-state index contributed by atoms with van der Waals surface area (Å²) in [6.45, 7) is 14.2. The number of rotatable bonds is 7. The average molecular weight is 230 g/mol. The Labute approximate surface area is 99.4 Å². The van der Waals surface area contributed by atoms with Crippen molar-refractivity contribution < 1.29 is 0 Å². The third-order valence-electron chi connectivity index (χ3n) is 3.00. The Morgan fingerprint density at radius 2 is 1.47 bits per heavy atom. The molecule has 0 bridgehead atoms. The van der Waals surface area contributed by atoms with E-state index in [1.165, 1.54) is 31.8 Å². The highest BCUT2D eigenvalue weighted by Crippen LogP contribution is 2.28. The summed E-state index contributed by atoms with van der Waals surface area (Å²) in [4.78, 5) is 0. The summed E-state index contributed by atoms with van der Waals surface area (Å²) in [7, 11) is 1.14. The van der Waals surface area contributed by atoms with Crippen LogP contribution in [0.5, 0.6) is 0 Å². The molecule has 0 fully saturated rings. The van der Waals surface area contributed by atoms with Gasteiger partial charge in [0.05, 0.1) is 0 Å². The third kappa shape index (κ3) is 10.7. The molecule has 0 aliphatic rings. The van der Waals surface area contributed by atoms with E-state index in [1.807, 2.05) is 0 Å². The molecule has 3 atom stereocenters. The first kappa shape index (κ1) is 15.4. The Balaban J connectivity index is 3.57. The van der Waals surface area contributed by atoms with Gasteiger partial charge in [-0.3, -0.25) is 0 Å². The lowest BCUT2D eigenvalue weighted by molar-refractivity contribution is 0.282. The molecule has 0 saturated carbocycles. The molecule has 15 heavy (non-hydrogen) atoms. The fourth-order valence-electron chi connectivity index (χ4n) is 2.25. The van der Waals surface area contributed by atoms with Crippen LogP contribution in [0.4, 0.5) is 0 Å². The second kappa shape index (κ2) is 7.66. The van der Waals surface area contributed by atoms with Gasteiger partial charge in [0.25, 0.3) is 0 Å². The Morgan fingerprint density at radius 3 is 1.93 bits per heavy atom. The van der Waals surface area contributed by atoms with Gasteiger partial charge < -0.3 is 0 Å². The quantitative estimate of drug-likeness (QED) is 0.529. The van der Waals surface area contributed by atoms with Crippen molar-refractivity contribution in [2.45, 2.75) is 60.3 Å². The van der Waals surface area contributed by atoms with E-state index in [2.05, 4.69) is 41.3 Å². The van der Waals surface area contributed by atoms with Gasteiger partial charge in [-0.2, -0.15) is 0 Å². The van der Waals surface area contributed by atoms with Crippen LogP contribution in [0.25, 0.3) is 0 Å². The molecule has 0 aliphatic carbocycles. The first-order valence-electron chi connectivity index (χ1n) is 6.49. The van der Waals surface area contributed by atoms with E-state index < -0.39 is 0 Å². The van der Waals surface area contributed by atoms with Crippen LogP contribution in [0, 0.1) is 17.3 Å². The zero-order valence-electron chi connectivity index (χ0n) is 11.7. The summed E-state index contributed by atoms with van der Waals surface area (Å²) in [6, 6.07) is 0. The zero-order chi connectivity index (χ0) is 11.9. The number of hydrogen-bond donors (Lipinski definition) is 0. The molecule has 0 aromatic rings. The molecule has 0 heterocycles. The molecule has 0 nitrogen and oxygen atoms in total. The van der Waals surface area contributed by atoms with Gasteiger partial charge in [0.15, 0.2) is 0 Å². The molecule has 0 aromatic carbocycles. The number of hydrogen-bond acceptors (Lipinski definition) is 0. The maximum atomic E-state index is 2.42. The van der Waals surface area contributed by atoms with E-state index in [-0.39, 0.29) is 0 Å². The molecule has 0 rings (SSSR count). The van der Waals surface area contributed by atoms with E-state index in [0.717, 1.165) is 20.4 Å². The lowest BCUT2D eigenvalue weighted by Crippen LogP contribution is -2.12. The van der Waals surface area contributed by atoms with Crippen LogP contribution in [0.15, 0.2) is 0 Å². The second-order valence-electron chi connectivity index (χ2n) is 6.44. The highest BCUT2D eigenvalue weighted by Gasteiger charge is 2.15. The van der Waals surface area contributed by atoms with Crippen molar-refractivity contribution in [1.29, 1.82) is 0 Å². The normalized spacial score (nSPS) is 17.2. The molecule has 0 amide bonds. The molecule has 0 radical (unpaired) electrons. The van der Waals surface area contributed by atoms with Crippen molar-refractivity contribution in [2.75, 3.05) is 12.8 Å². The monoisotopic (exact) mass is 230 g/mol. The first-order valence-corrected chi connectivity index (χ1v) is 8.20. The van der Waals surface area contributed by atoms with Gasteiger partial charge in [0, 0.05) is 0 Å². The summed E-state index contributed by atoms with van der Waals surface area (Å²) in [5.41, 5.74) is 0.507. The zero-order valence-corrected chi connectivity index (χ0v) is 12.7. The summed E-state index contributed by atoms with van der Waals surface area (Å²) < 4.78 is 0. The highest BCUT2D eigenvalue weighted by atomic mass is 31.1. The Morgan fingerprint density at radius 1 is 0.933 bits per heavy atom. The predicted molar refractivity (Wildman–Crippen MR) is 75.4 cm³/mol. The largest absolute Gasteiger partial charge is 0.125 e. The van der Waals surface area contributed by atoms with Crippen LogP contribution in [-0.4, -0.2) is 12.8 Å². The van der Waals surface area contributed by atoms with E-state index in [4.69, 9.17) is 0 Å². The minimum absolute atomic E-state index is 0.507. The van der Waals surface area contributed by atoms with Crippen LogP contribution >= 0.6 is 8.58 Å². The standard InChI is InChI=1S/C14H31P/c1-12(9-10-15-6)7-8-13(2)11-14(3,4)5/h12-13,15H,7-11H2,1-6H3. The van der Waals surface area contributed by atoms with Gasteiger partial charge in [0.2, 0.25) is 0 Å². The molecule has 3 unspecified atom stereocenters. The molecule has 1 heteroatoms. The fraction of sp³-hybridized carbons (Fsp3) is 1.00. The van der Waals surface area contributed by atoms with Crippen molar-refractivity contribution in [3.05, 3.63) is 0 Å². The molecule has 0 N–H and O–H groups in total. The smallest absolute Gasteiger partial charge is 0.0353 e. The maximum Gasteiger partial charge on any atom is -0.0353 e. The average Bonchev–Trinajstić information content (AvgIpc) is 2.08. The SMILES string of the molecule is CPCCC(C)CCC(C)CC(C)(C)C. The van der Waals surface area contributed by atoms with Crippen LogP contribution in [-0.2, 0) is 0 Å². The van der Waals surface area contributed by atoms with Crippen molar-refractivity contribution in [3.63, 3.8) is 0 Å². The molecule has 0 aliphatic heterocycles.